The maximum Gasteiger partial charge on any atom is 0.249 e. The average molecular weight is 790 g/mol. The maximum absolute atomic E-state index is 13.1. The number of ether oxygens (including phenoxy) is 2. The number of amides is 1. The molecule has 9 atom stereocenters. The first-order valence-corrected chi connectivity index (χ1v) is 22.9. The zero-order valence-corrected chi connectivity index (χ0v) is 35.2. The molecule has 0 aromatic carbocycles. The van der Waals surface area contributed by atoms with Crippen molar-refractivity contribution in [3.8, 4) is 0 Å². The molecule has 1 fully saturated rings. The third-order valence-corrected chi connectivity index (χ3v) is 11.4. The van der Waals surface area contributed by atoms with Gasteiger partial charge in [-0.3, -0.25) is 4.79 Å². The zero-order valence-electron chi connectivity index (χ0n) is 35.2. The first kappa shape index (κ1) is 52.1. The van der Waals surface area contributed by atoms with Gasteiger partial charge in [0.15, 0.2) is 6.29 Å². The van der Waals surface area contributed by atoms with Crippen LogP contribution in [0.1, 0.15) is 206 Å². The Kier molecular flexibility index (Phi) is 33.3. The van der Waals surface area contributed by atoms with E-state index < -0.39 is 74.2 Å². The van der Waals surface area contributed by atoms with E-state index in [-0.39, 0.29) is 6.42 Å². The molecule has 11 heteroatoms. The Bertz CT molecular complexity index is 866. The third kappa shape index (κ3) is 25.3. The van der Waals surface area contributed by atoms with Crippen molar-refractivity contribution in [3.63, 3.8) is 0 Å². The van der Waals surface area contributed by atoms with Gasteiger partial charge < -0.3 is 50.5 Å². The summed E-state index contributed by atoms with van der Waals surface area (Å²) in [7, 11) is 0. The normalized spacial score (nSPS) is 22.4. The molecule has 1 saturated heterocycles. The molecule has 0 spiro atoms. The first-order valence-electron chi connectivity index (χ1n) is 22.9. The van der Waals surface area contributed by atoms with Crippen molar-refractivity contribution in [1.82, 2.24) is 5.32 Å². The van der Waals surface area contributed by atoms with Gasteiger partial charge in [-0.25, -0.2) is 0 Å². The monoisotopic (exact) mass is 790 g/mol. The van der Waals surface area contributed by atoms with E-state index in [1.165, 1.54) is 128 Å². The van der Waals surface area contributed by atoms with Crippen LogP contribution in [0.4, 0.5) is 0 Å². The largest absolute Gasteiger partial charge is 0.394 e. The van der Waals surface area contributed by atoms with Gasteiger partial charge in [0.1, 0.15) is 36.6 Å². The number of aliphatic hydroxyl groups excluding tert-OH is 7. The van der Waals surface area contributed by atoms with Crippen molar-refractivity contribution in [3.05, 3.63) is 0 Å². The molecular weight excluding hydrogens is 702 g/mol. The van der Waals surface area contributed by atoms with E-state index in [9.17, 15) is 40.5 Å². The van der Waals surface area contributed by atoms with E-state index in [4.69, 9.17) is 9.47 Å². The summed E-state index contributed by atoms with van der Waals surface area (Å²) in [5.41, 5.74) is 0. The molecule has 0 aliphatic carbocycles. The fourth-order valence-corrected chi connectivity index (χ4v) is 7.56. The third-order valence-electron chi connectivity index (χ3n) is 11.4. The minimum atomic E-state index is -1.65. The van der Waals surface area contributed by atoms with E-state index in [1.54, 1.807) is 0 Å². The maximum atomic E-state index is 13.1. The molecule has 1 amide bonds. The Morgan fingerprint density at radius 2 is 0.945 bits per heavy atom. The second kappa shape index (κ2) is 35.1. The van der Waals surface area contributed by atoms with E-state index >= 15 is 0 Å². The minimum absolute atomic E-state index is 0.266. The van der Waals surface area contributed by atoms with Gasteiger partial charge in [0, 0.05) is 0 Å². The second-order valence-corrected chi connectivity index (χ2v) is 16.5. The number of carbonyl (C=O) groups is 1. The van der Waals surface area contributed by atoms with Crippen molar-refractivity contribution in [1.29, 1.82) is 0 Å². The van der Waals surface area contributed by atoms with Crippen LogP contribution in [0, 0.1) is 0 Å². The van der Waals surface area contributed by atoms with Gasteiger partial charge in [-0.2, -0.15) is 0 Å². The van der Waals surface area contributed by atoms with Crippen LogP contribution in [0.25, 0.3) is 0 Å². The zero-order chi connectivity index (χ0) is 40.5. The Morgan fingerprint density at radius 1 is 0.564 bits per heavy atom. The van der Waals surface area contributed by atoms with E-state index in [0.717, 1.165) is 38.5 Å². The van der Waals surface area contributed by atoms with Gasteiger partial charge in [0.2, 0.25) is 5.91 Å². The van der Waals surface area contributed by atoms with E-state index in [2.05, 4.69) is 19.2 Å². The molecule has 1 aliphatic heterocycles. The number of hydrogen-bond donors (Lipinski definition) is 8. The van der Waals surface area contributed by atoms with E-state index in [1.807, 2.05) is 0 Å². The average Bonchev–Trinajstić information content (AvgIpc) is 3.18. The standard InChI is InChI=1S/C44H87NO10/c1-3-5-7-9-11-13-15-17-19-21-23-25-27-29-31-36(47)39(49)35(34-54-44-42(52)41(51)40(50)38(33-46)55-44)45-43(53)37(48)32-30-28-26-24-22-20-18-16-14-12-10-8-6-4-2/h35-42,44,46-52H,3-34H2,1-2H3,(H,45,53). The van der Waals surface area contributed by atoms with E-state index in [0.29, 0.717) is 19.3 Å². The number of rotatable bonds is 38. The summed E-state index contributed by atoms with van der Waals surface area (Å²) in [6.07, 6.45) is 22.9. The highest BCUT2D eigenvalue weighted by molar-refractivity contribution is 5.80. The number of nitrogens with one attached hydrogen (secondary N) is 1. The Labute approximate surface area is 335 Å². The molecular formula is C44H87NO10. The number of hydrogen-bond acceptors (Lipinski definition) is 10. The SMILES string of the molecule is CCCCCCCCCCCCCCCCC(O)C(=O)NC(COC1OC(CO)C(O)C(O)C1O)C(O)C(O)CCCCCCCCCCCCCCCC. The van der Waals surface area contributed by atoms with Crippen LogP contribution in [0.3, 0.4) is 0 Å². The minimum Gasteiger partial charge on any atom is -0.394 e. The van der Waals surface area contributed by atoms with Gasteiger partial charge in [-0.15, -0.1) is 0 Å². The molecule has 1 heterocycles. The Balaban J connectivity index is 2.46. The van der Waals surface area contributed by atoms with Crippen LogP contribution in [0.2, 0.25) is 0 Å². The number of aliphatic hydroxyl groups is 7. The van der Waals surface area contributed by atoms with Crippen molar-refractivity contribution >= 4 is 5.91 Å². The Morgan fingerprint density at radius 3 is 1.35 bits per heavy atom. The summed E-state index contributed by atoms with van der Waals surface area (Å²) in [5, 5.41) is 75.6. The molecule has 55 heavy (non-hydrogen) atoms. The van der Waals surface area contributed by atoms with Gasteiger partial charge >= 0.3 is 0 Å². The predicted octanol–water partition coefficient (Wildman–Crippen LogP) is 7.11. The van der Waals surface area contributed by atoms with Crippen LogP contribution in [0.5, 0.6) is 0 Å². The van der Waals surface area contributed by atoms with Crippen LogP contribution < -0.4 is 5.32 Å². The second-order valence-electron chi connectivity index (χ2n) is 16.5. The summed E-state index contributed by atoms with van der Waals surface area (Å²) in [6.45, 7) is 3.44. The number of unbranched alkanes of at least 4 members (excludes halogenated alkanes) is 26. The molecule has 0 saturated carbocycles. The van der Waals surface area contributed by atoms with Crippen LogP contribution in [-0.4, -0.2) is 110 Å². The van der Waals surface area contributed by atoms with Gasteiger partial charge in [0.05, 0.1) is 25.4 Å². The summed E-state index contributed by atoms with van der Waals surface area (Å²) >= 11 is 0. The van der Waals surface area contributed by atoms with Crippen LogP contribution >= 0.6 is 0 Å². The summed E-state index contributed by atoms with van der Waals surface area (Å²) in [5.74, 6) is -0.695. The fraction of sp³-hybridized carbons (Fsp3) is 0.977. The molecule has 1 aliphatic rings. The molecule has 8 N–H and O–H groups in total. The highest BCUT2D eigenvalue weighted by atomic mass is 16.7. The molecule has 9 unspecified atom stereocenters. The lowest BCUT2D eigenvalue weighted by Gasteiger charge is -2.40. The summed E-state index contributed by atoms with van der Waals surface area (Å²) < 4.78 is 11.1. The highest BCUT2D eigenvalue weighted by Gasteiger charge is 2.44. The summed E-state index contributed by atoms with van der Waals surface area (Å²) in [6, 6.07) is -1.16. The topological polar surface area (TPSA) is 189 Å². The quantitative estimate of drug-likeness (QED) is 0.0300. The van der Waals surface area contributed by atoms with Crippen LogP contribution in [-0.2, 0) is 14.3 Å². The number of carbonyl (C=O) groups excluding carboxylic acids is 1. The first-order chi connectivity index (χ1) is 26.7. The molecule has 0 radical (unpaired) electrons. The summed E-state index contributed by atoms with van der Waals surface area (Å²) in [4.78, 5) is 13.1. The van der Waals surface area contributed by atoms with Gasteiger partial charge in [0.25, 0.3) is 0 Å². The van der Waals surface area contributed by atoms with Crippen molar-refractivity contribution in [2.75, 3.05) is 13.2 Å². The molecule has 0 aromatic rings. The highest BCUT2D eigenvalue weighted by Crippen LogP contribution is 2.23. The van der Waals surface area contributed by atoms with Crippen molar-refractivity contribution < 1.29 is 50.0 Å². The molecule has 0 aromatic heterocycles. The Hall–Kier alpha value is -0.890. The van der Waals surface area contributed by atoms with Gasteiger partial charge in [-0.1, -0.05) is 194 Å². The fourth-order valence-electron chi connectivity index (χ4n) is 7.56. The predicted molar refractivity (Wildman–Crippen MR) is 220 cm³/mol. The molecule has 11 nitrogen and oxygen atoms in total. The molecule has 0 bridgehead atoms. The molecule has 328 valence electrons. The lowest BCUT2D eigenvalue weighted by atomic mass is 9.98. The van der Waals surface area contributed by atoms with Crippen molar-refractivity contribution in [2.24, 2.45) is 0 Å². The smallest absolute Gasteiger partial charge is 0.249 e. The van der Waals surface area contributed by atoms with Crippen LogP contribution in [0.15, 0.2) is 0 Å². The van der Waals surface area contributed by atoms with Gasteiger partial charge in [-0.05, 0) is 12.8 Å². The van der Waals surface area contributed by atoms with Crippen molar-refractivity contribution in [2.45, 2.75) is 262 Å². The molecule has 1 rings (SSSR count). The lowest BCUT2D eigenvalue weighted by molar-refractivity contribution is -0.303. The lowest BCUT2D eigenvalue weighted by Crippen LogP contribution is -2.60.